The Labute approximate surface area is 124 Å². The first kappa shape index (κ1) is 27.5. The lowest BCUT2D eigenvalue weighted by Gasteiger charge is -2.17. The first-order valence-electron chi connectivity index (χ1n) is 7.13. The summed E-state index contributed by atoms with van der Waals surface area (Å²) in [6.07, 6.45) is 5.88. The molecule has 0 aromatic heterocycles. The molecule has 0 aliphatic carbocycles. The summed E-state index contributed by atoms with van der Waals surface area (Å²) >= 11 is 0. The predicted molar refractivity (Wildman–Crippen MR) is 84.8 cm³/mol. The highest BCUT2D eigenvalue weighted by Crippen LogP contribution is 2.12. The monoisotopic (exact) mass is 293 g/mol. The summed E-state index contributed by atoms with van der Waals surface area (Å²) < 4.78 is 5.56. The van der Waals surface area contributed by atoms with Gasteiger partial charge in [-0.3, -0.25) is 0 Å². The molecule has 0 aliphatic heterocycles. The van der Waals surface area contributed by atoms with Crippen LogP contribution in [0.1, 0.15) is 53.4 Å². The number of hydrogen-bond acceptors (Lipinski definition) is 5. The summed E-state index contributed by atoms with van der Waals surface area (Å²) in [7, 11) is 2.50. The van der Waals surface area contributed by atoms with Gasteiger partial charge >= 0.3 is 0 Å². The first-order chi connectivity index (χ1) is 9.65. The van der Waals surface area contributed by atoms with Gasteiger partial charge in [0.05, 0.1) is 6.10 Å². The van der Waals surface area contributed by atoms with Gasteiger partial charge in [0.1, 0.15) is 12.6 Å². The molecule has 0 radical (unpaired) electrons. The van der Waals surface area contributed by atoms with Gasteiger partial charge < -0.3 is 25.2 Å². The van der Waals surface area contributed by atoms with Gasteiger partial charge in [0.2, 0.25) is 0 Å². The number of carbonyl (C=O) groups is 2. The van der Waals surface area contributed by atoms with E-state index in [-0.39, 0.29) is 6.10 Å². The third kappa shape index (κ3) is 30.3. The van der Waals surface area contributed by atoms with E-state index < -0.39 is 0 Å². The molecule has 20 heavy (non-hydrogen) atoms. The fourth-order valence-electron chi connectivity index (χ4n) is 1.32. The Kier molecular flexibility index (Phi) is 42.6. The Morgan fingerprint density at radius 1 is 1.20 bits per heavy atom. The van der Waals surface area contributed by atoms with Crippen LogP contribution in [0.2, 0.25) is 0 Å². The lowest BCUT2D eigenvalue weighted by Crippen LogP contribution is -2.15. The third-order valence-electron chi connectivity index (χ3n) is 2.32. The van der Waals surface area contributed by atoms with Crippen LogP contribution in [-0.4, -0.2) is 44.5 Å². The fourth-order valence-corrected chi connectivity index (χ4v) is 1.32. The molecule has 124 valence electrons. The van der Waals surface area contributed by atoms with Crippen molar-refractivity contribution in [3.05, 3.63) is 0 Å². The van der Waals surface area contributed by atoms with Crippen LogP contribution in [0.3, 0.4) is 0 Å². The molecule has 5 nitrogen and oxygen atoms in total. The Morgan fingerprint density at radius 3 is 1.95 bits per heavy atom. The van der Waals surface area contributed by atoms with Crippen molar-refractivity contribution in [2.24, 2.45) is 11.7 Å². The molecule has 0 saturated carbocycles. The molecule has 0 aromatic rings. The van der Waals surface area contributed by atoms with Gasteiger partial charge in [-0.15, -0.1) is 0 Å². The Balaban J connectivity index is -0.000000155. The SMILES string of the molecule is CC=O.CCCC(CC)CO[C@@H](C)CC=O.CN.CO. The molecule has 0 amide bonds. The molecule has 0 spiro atoms. The molecule has 0 fully saturated rings. The van der Waals surface area contributed by atoms with Gasteiger partial charge in [0.15, 0.2) is 0 Å². The quantitative estimate of drug-likeness (QED) is 0.670. The van der Waals surface area contributed by atoms with Crippen molar-refractivity contribution in [3.8, 4) is 0 Å². The zero-order valence-corrected chi connectivity index (χ0v) is 14.1. The number of hydrogen-bond donors (Lipinski definition) is 2. The predicted octanol–water partition coefficient (Wildman–Crippen LogP) is 2.20. The first-order valence-corrected chi connectivity index (χ1v) is 7.13. The van der Waals surface area contributed by atoms with Crippen LogP contribution in [0.4, 0.5) is 0 Å². The van der Waals surface area contributed by atoms with Crippen molar-refractivity contribution in [1.29, 1.82) is 0 Å². The van der Waals surface area contributed by atoms with Crippen LogP contribution < -0.4 is 5.73 Å². The summed E-state index contributed by atoms with van der Waals surface area (Å²) in [5.74, 6) is 0.666. The Hall–Kier alpha value is -0.780. The molecule has 0 rings (SSSR count). The molecule has 1 unspecified atom stereocenters. The van der Waals surface area contributed by atoms with Gasteiger partial charge in [-0.05, 0) is 33.2 Å². The zero-order valence-electron chi connectivity index (χ0n) is 14.1. The minimum absolute atomic E-state index is 0.0865. The summed E-state index contributed by atoms with van der Waals surface area (Å²) in [5.41, 5.74) is 4.50. The van der Waals surface area contributed by atoms with Crippen LogP contribution in [0.25, 0.3) is 0 Å². The van der Waals surface area contributed by atoms with E-state index in [2.05, 4.69) is 19.6 Å². The van der Waals surface area contributed by atoms with Crippen molar-refractivity contribution >= 4 is 12.6 Å². The number of ether oxygens (including phenoxy) is 1. The number of aldehydes is 2. The maximum Gasteiger partial charge on any atom is 0.122 e. The van der Waals surface area contributed by atoms with Crippen LogP contribution in [0.15, 0.2) is 0 Å². The highest BCUT2D eigenvalue weighted by Gasteiger charge is 2.07. The van der Waals surface area contributed by atoms with Gasteiger partial charge in [0, 0.05) is 20.1 Å². The topological polar surface area (TPSA) is 89.6 Å². The van der Waals surface area contributed by atoms with Crippen LogP contribution in [0, 0.1) is 5.92 Å². The number of aliphatic hydroxyl groups is 1. The van der Waals surface area contributed by atoms with Crippen molar-refractivity contribution in [2.75, 3.05) is 20.8 Å². The van der Waals surface area contributed by atoms with E-state index >= 15 is 0 Å². The van der Waals surface area contributed by atoms with Crippen LogP contribution >= 0.6 is 0 Å². The zero-order chi connectivity index (χ0) is 16.8. The minimum Gasteiger partial charge on any atom is -0.400 e. The molecular weight excluding hydrogens is 258 g/mol. The highest BCUT2D eigenvalue weighted by molar-refractivity contribution is 5.49. The number of aliphatic hydroxyl groups excluding tert-OH is 1. The largest absolute Gasteiger partial charge is 0.400 e. The van der Waals surface area contributed by atoms with E-state index in [0.29, 0.717) is 12.3 Å². The lowest BCUT2D eigenvalue weighted by atomic mass is 10.0. The molecule has 3 N–H and O–H groups in total. The van der Waals surface area contributed by atoms with Gasteiger partial charge in [-0.2, -0.15) is 0 Å². The molecule has 0 bridgehead atoms. The van der Waals surface area contributed by atoms with Crippen LogP contribution in [-0.2, 0) is 14.3 Å². The van der Waals surface area contributed by atoms with Gasteiger partial charge in [0.25, 0.3) is 0 Å². The standard InChI is InChI=1S/C11H22O2.C2H4O.CH5N.CH4O/c1-4-6-11(5-2)9-13-10(3)7-8-12;1-2-3;2*1-2/h8,10-11H,4-7,9H2,1-3H3;2H,1H3;2H2,1H3;2H,1H3/t10-,11?;;;/m0.../s1. The van der Waals surface area contributed by atoms with E-state index in [1.165, 1.54) is 33.2 Å². The number of carbonyl (C=O) groups excluding carboxylic acids is 2. The molecular formula is C15H35NO4. The maximum absolute atomic E-state index is 10.2. The number of nitrogens with two attached hydrogens (primary N) is 1. The molecule has 2 atom stereocenters. The number of rotatable bonds is 8. The molecule has 0 aromatic carbocycles. The fraction of sp³-hybridized carbons (Fsp3) is 0.867. The molecule has 0 aliphatic rings. The molecule has 0 saturated heterocycles. The van der Waals surface area contributed by atoms with Crippen LogP contribution in [0.5, 0.6) is 0 Å². The average Bonchev–Trinajstić information content (AvgIpc) is 2.49. The Morgan fingerprint density at radius 2 is 1.65 bits per heavy atom. The second kappa shape index (κ2) is 30.9. The smallest absolute Gasteiger partial charge is 0.122 e. The van der Waals surface area contributed by atoms with E-state index in [1.54, 1.807) is 0 Å². The van der Waals surface area contributed by atoms with Crippen molar-refractivity contribution in [2.45, 2.75) is 59.5 Å². The van der Waals surface area contributed by atoms with Gasteiger partial charge in [-0.1, -0.05) is 26.7 Å². The van der Waals surface area contributed by atoms with E-state index in [0.717, 1.165) is 26.3 Å². The van der Waals surface area contributed by atoms with E-state index in [9.17, 15) is 4.79 Å². The summed E-state index contributed by atoms with van der Waals surface area (Å²) in [6.45, 7) is 8.58. The summed E-state index contributed by atoms with van der Waals surface area (Å²) in [6, 6.07) is 0. The molecule has 5 heteroatoms. The lowest BCUT2D eigenvalue weighted by molar-refractivity contribution is -0.110. The summed E-state index contributed by atoms with van der Waals surface area (Å²) in [4.78, 5) is 19.0. The highest BCUT2D eigenvalue weighted by atomic mass is 16.5. The second-order valence-corrected chi connectivity index (χ2v) is 3.84. The van der Waals surface area contributed by atoms with Gasteiger partial charge in [-0.25, -0.2) is 0 Å². The summed E-state index contributed by atoms with van der Waals surface area (Å²) in [5, 5.41) is 7.00. The van der Waals surface area contributed by atoms with Crippen molar-refractivity contribution < 1.29 is 19.4 Å². The van der Waals surface area contributed by atoms with E-state index in [4.69, 9.17) is 14.6 Å². The molecule has 0 heterocycles. The van der Waals surface area contributed by atoms with E-state index in [1.807, 2.05) is 6.92 Å². The average molecular weight is 293 g/mol. The normalized spacial score (nSPS) is 11.2. The Bertz CT molecular complexity index is 166. The van der Waals surface area contributed by atoms with Crippen molar-refractivity contribution in [1.82, 2.24) is 0 Å². The van der Waals surface area contributed by atoms with Crippen molar-refractivity contribution in [3.63, 3.8) is 0 Å². The minimum atomic E-state index is 0.0865. The third-order valence-corrected chi connectivity index (χ3v) is 2.32. The maximum atomic E-state index is 10.2. The second-order valence-electron chi connectivity index (χ2n) is 3.84.